The summed E-state index contributed by atoms with van der Waals surface area (Å²) in [5, 5.41) is 11.8. The molecule has 2 N–H and O–H groups in total. The van der Waals surface area contributed by atoms with Crippen LogP contribution < -0.4 is 5.32 Å². The lowest BCUT2D eigenvalue weighted by molar-refractivity contribution is -0.141. The maximum Gasteiger partial charge on any atom is 0.326 e. The van der Waals surface area contributed by atoms with E-state index in [2.05, 4.69) is 12.2 Å². The zero-order chi connectivity index (χ0) is 22.3. The summed E-state index contributed by atoms with van der Waals surface area (Å²) >= 11 is 1.60. The van der Waals surface area contributed by atoms with Gasteiger partial charge in [0.25, 0.3) is 0 Å². The van der Waals surface area contributed by atoms with Gasteiger partial charge < -0.3 is 10.4 Å². The van der Waals surface area contributed by atoms with Crippen molar-refractivity contribution in [3.63, 3.8) is 0 Å². The highest BCUT2D eigenvalue weighted by Gasteiger charge is 2.18. The lowest BCUT2D eigenvalue weighted by Gasteiger charge is -2.13. The van der Waals surface area contributed by atoms with Crippen LogP contribution in [0.25, 0.3) is 0 Å². The smallest absolute Gasteiger partial charge is 0.326 e. The Balaban J connectivity index is 3.34. The summed E-state index contributed by atoms with van der Waals surface area (Å²) in [7, 11) is 0. The first-order chi connectivity index (χ1) is 14.6. The molecule has 0 rings (SSSR count). The van der Waals surface area contributed by atoms with E-state index in [0.717, 1.165) is 18.6 Å². The van der Waals surface area contributed by atoms with Crippen molar-refractivity contribution in [2.45, 2.75) is 135 Å². The number of carboxylic acids is 1. The van der Waals surface area contributed by atoms with E-state index in [1.54, 1.807) is 11.8 Å². The summed E-state index contributed by atoms with van der Waals surface area (Å²) in [6, 6.07) is -0.740. The van der Waals surface area contributed by atoms with Crippen LogP contribution in [0.2, 0.25) is 0 Å². The Morgan fingerprint density at radius 1 is 0.733 bits per heavy atom. The fourth-order valence-corrected chi connectivity index (χ4v) is 4.24. The van der Waals surface area contributed by atoms with E-state index in [1.807, 2.05) is 6.26 Å². The van der Waals surface area contributed by atoms with Crippen molar-refractivity contribution < 1.29 is 14.7 Å². The van der Waals surface area contributed by atoms with Crippen LogP contribution in [0.3, 0.4) is 0 Å². The minimum absolute atomic E-state index is 0.121. The molecule has 0 radical (unpaired) electrons. The number of aliphatic carboxylic acids is 1. The van der Waals surface area contributed by atoms with Gasteiger partial charge in [-0.3, -0.25) is 4.79 Å². The third kappa shape index (κ3) is 20.6. The average molecular weight is 444 g/mol. The topological polar surface area (TPSA) is 66.4 Å². The Bertz CT molecular complexity index is 404. The van der Waals surface area contributed by atoms with Crippen molar-refractivity contribution >= 4 is 23.6 Å². The number of carbonyl (C=O) groups is 2. The van der Waals surface area contributed by atoms with Crippen LogP contribution in [-0.2, 0) is 9.59 Å². The van der Waals surface area contributed by atoms with E-state index in [-0.39, 0.29) is 5.91 Å². The normalized spacial score (nSPS) is 12.1. The van der Waals surface area contributed by atoms with Crippen molar-refractivity contribution in [2.24, 2.45) is 0 Å². The van der Waals surface area contributed by atoms with Gasteiger partial charge in [-0.2, -0.15) is 11.8 Å². The van der Waals surface area contributed by atoms with E-state index >= 15 is 0 Å². The van der Waals surface area contributed by atoms with Crippen molar-refractivity contribution in [1.29, 1.82) is 0 Å². The van der Waals surface area contributed by atoms with Crippen LogP contribution in [0, 0.1) is 0 Å². The number of unbranched alkanes of at least 4 members (excludes halogenated alkanes) is 16. The molecule has 1 amide bonds. The molecule has 0 aromatic rings. The largest absolute Gasteiger partial charge is 0.480 e. The Labute approximate surface area is 190 Å². The molecule has 0 aliphatic rings. The predicted molar refractivity (Wildman–Crippen MR) is 131 cm³/mol. The number of amides is 1. The molecule has 0 aromatic heterocycles. The van der Waals surface area contributed by atoms with Gasteiger partial charge >= 0.3 is 5.97 Å². The minimum atomic E-state index is -0.931. The summed E-state index contributed by atoms with van der Waals surface area (Å²) < 4.78 is 0. The van der Waals surface area contributed by atoms with Gasteiger partial charge in [0, 0.05) is 6.42 Å². The fourth-order valence-electron chi connectivity index (χ4n) is 3.77. The predicted octanol–water partition coefficient (Wildman–Crippen LogP) is 7.35. The van der Waals surface area contributed by atoms with Crippen molar-refractivity contribution in [2.75, 3.05) is 12.0 Å². The second kappa shape index (κ2) is 23.0. The molecule has 1 unspecified atom stereocenters. The summed E-state index contributed by atoms with van der Waals surface area (Å²) in [4.78, 5) is 23.1. The van der Waals surface area contributed by atoms with Gasteiger partial charge in [0.1, 0.15) is 6.04 Å². The number of thioether (sulfide) groups is 1. The standard InChI is InChI=1S/C25H49NO3S/c1-3-4-5-6-7-8-9-10-11-12-13-14-15-16-17-18-19-20-24(27)26-23(25(28)29)21-22-30-2/h23H,3-22H2,1-2H3,(H,26,27)(H,28,29). The lowest BCUT2D eigenvalue weighted by Crippen LogP contribution is -2.41. The number of hydrogen-bond acceptors (Lipinski definition) is 3. The number of carbonyl (C=O) groups excluding carboxylic acids is 1. The Hall–Kier alpha value is -0.710. The van der Waals surface area contributed by atoms with Crippen molar-refractivity contribution in [3.05, 3.63) is 0 Å². The number of hydrogen-bond donors (Lipinski definition) is 2. The molecule has 0 aromatic carbocycles. The third-order valence-corrected chi connectivity index (χ3v) is 6.40. The maximum atomic E-state index is 11.9. The zero-order valence-electron chi connectivity index (χ0n) is 19.9. The molecule has 178 valence electrons. The van der Waals surface area contributed by atoms with Crippen LogP contribution in [0.4, 0.5) is 0 Å². The molecule has 0 aliphatic heterocycles. The molecule has 0 saturated carbocycles. The summed E-state index contributed by atoms with van der Waals surface area (Å²) in [6.07, 6.45) is 25.3. The van der Waals surface area contributed by atoms with E-state index < -0.39 is 12.0 Å². The molecule has 0 spiro atoms. The molecule has 4 nitrogen and oxygen atoms in total. The number of nitrogens with one attached hydrogen (secondary N) is 1. The van der Waals surface area contributed by atoms with Gasteiger partial charge in [0.2, 0.25) is 5.91 Å². The highest BCUT2D eigenvalue weighted by atomic mass is 32.2. The molecule has 5 heteroatoms. The van der Waals surface area contributed by atoms with Crippen molar-refractivity contribution in [1.82, 2.24) is 5.32 Å². The molecule has 30 heavy (non-hydrogen) atoms. The highest BCUT2D eigenvalue weighted by molar-refractivity contribution is 7.98. The molecule has 1 atom stereocenters. The van der Waals surface area contributed by atoms with Gasteiger partial charge in [0.15, 0.2) is 0 Å². The van der Waals surface area contributed by atoms with Gasteiger partial charge in [-0.15, -0.1) is 0 Å². The molecule has 0 saturated heterocycles. The Morgan fingerprint density at radius 3 is 1.50 bits per heavy atom. The van der Waals surface area contributed by atoms with E-state index in [4.69, 9.17) is 5.11 Å². The molecular weight excluding hydrogens is 394 g/mol. The first kappa shape index (κ1) is 29.3. The van der Waals surface area contributed by atoms with Gasteiger partial charge in [-0.1, -0.05) is 110 Å². The lowest BCUT2D eigenvalue weighted by atomic mass is 10.0. The second-order valence-corrected chi connectivity index (χ2v) is 9.63. The van der Waals surface area contributed by atoms with Gasteiger partial charge in [-0.05, 0) is 24.9 Å². The van der Waals surface area contributed by atoms with Gasteiger partial charge in [-0.25, -0.2) is 4.79 Å². The van der Waals surface area contributed by atoms with Crippen molar-refractivity contribution in [3.8, 4) is 0 Å². The minimum Gasteiger partial charge on any atom is -0.480 e. The molecule has 0 fully saturated rings. The molecular formula is C25H49NO3S. The van der Waals surface area contributed by atoms with E-state index in [0.29, 0.717) is 12.8 Å². The number of rotatable bonds is 23. The fraction of sp³-hybridized carbons (Fsp3) is 0.920. The van der Waals surface area contributed by atoms with Crippen LogP contribution in [0.1, 0.15) is 129 Å². The highest BCUT2D eigenvalue weighted by Crippen LogP contribution is 2.14. The SMILES string of the molecule is CCCCCCCCCCCCCCCCCCCC(=O)NC(CCSC)C(=O)O. The van der Waals surface area contributed by atoms with Crippen LogP contribution in [-0.4, -0.2) is 35.0 Å². The van der Waals surface area contributed by atoms with Crippen LogP contribution in [0.15, 0.2) is 0 Å². The maximum absolute atomic E-state index is 11.9. The zero-order valence-corrected chi connectivity index (χ0v) is 20.7. The first-order valence-electron chi connectivity index (χ1n) is 12.6. The van der Waals surface area contributed by atoms with Crippen LogP contribution in [0.5, 0.6) is 0 Å². The number of carboxylic acid groups (broad SMARTS) is 1. The second-order valence-electron chi connectivity index (χ2n) is 8.65. The molecule has 0 heterocycles. The monoisotopic (exact) mass is 443 g/mol. The van der Waals surface area contributed by atoms with E-state index in [9.17, 15) is 9.59 Å². The first-order valence-corrected chi connectivity index (χ1v) is 14.0. The average Bonchev–Trinajstić information content (AvgIpc) is 2.73. The van der Waals surface area contributed by atoms with E-state index in [1.165, 1.54) is 96.3 Å². The molecule has 0 aliphatic carbocycles. The molecule has 0 bridgehead atoms. The Kier molecular flexibility index (Phi) is 22.4. The quantitative estimate of drug-likeness (QED) is 0.162. The van der Waals surface area contributed by atoms with Crippen LogP contribution >= 0.6 is 11.8 Å². The summed E-state index contributed by atoms with van der Waals surface area (Å²) in [5.74, 6) is -0.305. The summed E-state index contributed by atoms with van der Waals surface area (Å²) in [5.41, 5.74) is 0. The third-order valence-electron chi connectivity index (χ3n) is 5.75. The van der Waals surface area contributed by atoms with Gasteiger partial charge in [0.05, 0.1) is 0 Å². The Morgan fingerprint density at radius 2 is 1.13 bits per heavy atom. The summed E-state index contributed by atoms with van der Waals surface area (Å²) in [6.45, 7) is 2.27.